The number of halogens is 4. The normalized spacial score (nSPS) is 11.0. The van der Waals surface area contributed by atoms with E-state index in [9.17, 15) is 0 Å². The van der Waals surface area contributed by atoms with E-state index in [-0.39, 0.29) is 0 Å². The molecule has 4 aromatic rings. The second-order valence-electron chi connectivity index (χ2n) is 6.32. The molecule has 0 unspecified atom stereocenters. The van der Waals surface area contributed by atoms with Crippen molar-refractivity contribution in [3.05, 3.63) is 98.2 Å². The topological polar surface area (TPSA) is 28.7 Å². The van der Waals surface area contributed by atoms with Gasteiger partial charge in [-0.2, -0.15) is 0 Å². The van der Waals surface area contributed by atoms with E-state index in [2.05, 4.69) is 17.1 Å². The minimum Gasteiger partial charge on any atom is -0.341 e. The molecule has 28 heavy (non-hydrogen) atoms. The lowest BCUT2D eigenvalue weighted by molar-refractivity contribution is 1.03. The third kappa shape index (κ3) is 4.06. The van der Waals surface area contributed by atoms with Crippen molar-refractivity contribution in [3.8, 4) is 22.5 Å². The predicted molar refractivity (Wildman–Crippen MR) is 119 cm³/mol. The Morgan fingerprint density at radius 1 is 0.714 bits per heavy atom. The van der Waals surface area contributed by atoms with E-state index in [4.69, 9.17) is 51.4 Å². The Bertz CT molecular complexity index is 1070. The molecule has 3 aromatic carbocycles. The van der Waals surface area contributed by atoms with Gasteiger partial charge in [0.15, 0.2) is 0 Å². The minimum atomic E-state index is 0.525. The van der Waals surface area contributed by atoms with Gasteiger partial charge in [-0.25, -0.2) is 4.98 Å². The molecule has 0 atom stereocenters. The van der Waals surface area contributed by atoms with Crippen molar-refractivity contribution in [2.45, 2.75) is 6.42 Å². The van der Waals surface area contributed by atoms with E-state index in [0.29, 0.717) is 26.5 Å². The van der Waals surface area contributed by atoms with Crippen LogP contribution in [0.3, 0.4) is 0 Å². The van der Waals surface area contributed by atoms with Crippen LogP contribution in [0.4, 0.5) is 0 Å². The average Bonchev–Trinajstić information content (AvgIpc) is 3.05. The van der Waals surface area contributed by atoms with Gasteiger partial charge in [0, 0.05) is 27.6 Å². The van der Waals surface area contributed by atoms with E-state index in [1.54, 1.807) is 24.3 Å². The third-order valence-corrected chi connectivity index (χ3v) is 5.45. The summed E-state index contributed by atoms with van der Waals surface area (Å²) in [5, 5.41) is 2.20. The highest BCUT2D eigenvalue weighted by Gasteiger charge is 2.19. The van der Waals surface area contributed by atoms with Crippen LogP contribution in [0.25, 0.3) is 22.5 Å². The van der Waals surface area contributed by atoms with Crippen molar-refractivity contribution in [1.29, 1.82) is 0 Å². The number of nitrogens with zero attached hydrogens (tertiary/aromatic N) is 1. The molecule has 140 valence electrons. The van der Waals surface area contributed by atoms with Gasteiger partial charge >= 0.3 is 0 Å². The molecule has 0 fully saturated rings. The van der Waals surface area contributed by atoms with E-state index in [1.807, 2.05) is 30.3 Å². The van der Waals surface area contributed by atoms with Crippen LogP contribution >= 0.6 is 46.4 Å². The van der Waals surface area contributed by atoms with Crippen LogP contribution in [0.1, 0.15) is 11.4 Å². The van der Waals surface area contributed by atoms with E-state index >= 15 is 0 Å². The van der Waals surface area contributed by atoms with Crippen LogP contribution in [0.5, 0.6) is 0 Å². The molecule has 2 nitrogen and oxygen atoms in total. The first kappa shape index (κ1) is 19.4. The van der Waals surface area contributed by atoms with Crippen LogP contribution in [0.15, 0.2) is 66.7 Å². The first-order valence-corrected chi connectivity index (χ1v) is 10.1. The summed E-state index contributed by atoms with van der Waals surface area (Å²) in [7, 11) is 0. The third-order valence-electron chi connectivity index (χ3n) is 4.35. The Kier molecular flexibility index (Phi) is 5.65. The molecule has 0 bridgehead atoms. The van der Waals surface area contributed by atoms with Crippen molar-refractivity contribution in [2.24, 2.45) is 0 Å². The van der Waals surface area contributed by atoms with Crippen molar-refractivity contribution < 1.29 is 0 Å². The first-order chi connectivity index (χ1) is 13.5. The maximum atomic E-state index is 6.47. The predicted octanol–water partition coefficient (Wildman–Crippen LogP) is 7.95. The van der Waals surface area contributed by atoms with Gasteiger partial charge in [-0.15, -0.1) is 0 Å². The van der Waals surface area contributed by atoms with E-state index < -0.39 is 0 Å². The largest absolute Gasteiger partial charge is 0.341 e. The summed E-state index contributed by atoms with van der Waals surface area (Å²) < 4.78 is 0. The lowest BCUT2D eigenvalue weighted by atomic mass is 10.0. The molecular formula is C22H14Cl4N2. The van der Waals surface area contributed by atoms with Gasteiger partial charge < -0.3 is 4.98 Å². The fourth-order valence-corrected chi connectivity index (χ4v) is 4.06. The number of benzene rings is 3. The number of hydrogen-bond acceptors (Lipinski definition) is 1. The summed E-state index contributed by atoms with van der Waals surface area (Å²) in [6.45, 7) is 0. The standard InChI is InChI=1S/C22H14Cl4N2/c23-14-6-8-16(18(25)11-14)21-22(17-9-7-15(24)12-19(17)26)28-20(27-21)10-13-4-2-1-3-5-13/h1-9,11-12H,10H2,(H,27,28). The first-order valence-electron chi connectivity index (χ1n) is 8.55. The molecule has 6 heteroatoms. The zero-order chi connectivity index (χ0) is 19.7. The van der Waals surface area contributed by atoms with Crippen LogP contribution in [0, 0.1) is 0 Å². The second kappa shape index (κ2) is 8.18. The highest BCUT2D eigenvalue weighted by atomic mass is 35.5. The Balaban J connectivity index is 1.87. The van der Waals surface area contributed by atoms with Gasteiger partial charge in [-0.1, -0.05) is 76.7 Å². The summed E-state index contributed by atoms with van der Waals surface area (Å²) in [4.78, 5) is 8.25. The zero-order valence-corrected chi connectivity index (χ0v) is 17.5. The molecule has 0 amide bonds. The maximum Gasteiger partial charge on any atom is 0.111 e. The highest BCUT2D eigenvalue weighted by molar-refractivity contribution is 6.37. The maximum absolute atomic E-state index is 6.47. The van der Waals surface area contributed by atoms with E-state index in [0.717, 1.165) is 33.9 Å². The smallest absolute Gasteiger partial charge is 0.111 e. The molecule has 1 N–H and O–H groups in total. The van der Waals surface area contributed by atoms with Crippen molar-refractivity contribution in [1.82, 2.24) is 9.97 Å². The van der Waals surface area contributed by atoms with Crippen molar-refractivity contribution in [2.75, 3.05) is 0 Å². The van der Waals surface area contributed by atoms with Gasteiger partial charge in [0.25, 0.3) is 0 Å². The Morgan fingerprint density at radius 2 is 1.32 bits per heavy atom. The summed E-state index contributed by atoms with van der Waals surface area (Å²) in [6, 6.07) is 20.9. The van der Waals surface area contributed by atoms with Gasteiger partial charge in [0.1, 0.15) is 5.82 Å². The quantitative estimate of drug-likeness (QED) is 0.337. The van der Waals surface area contributed by atoms with Crippen LogP contribution in [-0.2, 0) is 6.42 Å². The number of hydrogen-bond donors (Lipinski definition) is 1. The van der Waals surface area contributed by atoms with Gasteiger partial charge in [-0.05, 0) is 42.0 Å². The molecule has 1 heterocycles. The van der Waals surface area contributed by atoms with Crippen molar-refractivity contribution in [3.63, 3.8) is 0 Å². The fraction of sp³-hybridized carbons (Fsp3) is 0.0455. The van der Waals surface area contributed by atoms with Gasteiger partial charge in [0.2, 0.25) is 0 Å². The Hall–Kier alpha value is -1.97. The molecule has 0 aliphatic carbocycles. The summed E-state index contributed by atoms with van der Waals surface area (Å²) in [6.07, 6.45) is 0.657. The molecular weight excluding hydrogens is 434 g/mol. The molecule has 0 radical (unpaired) electrons. The number of H-pyrrole nitrogens is 1. The lowest BCUT2D eigenvalue weighted by Crippen LogP contribution is -1.90. The molecule has 0 aliphatic rings. The van der Waals surface area contributed by atoms with Crippen LogP contribution in [-0.4, -0.2) is 9.97 Å². The monoisotopic (exact) mass is 446 g/mol. The lowest BCUT2D eigenvalue weighted by Gasteiger charge is -2.07. The molecule has 0 spiro atoms. The number of aromatic nitrogens is 2. The molecule has 0 aliphatic heterocycles. The average molecular weight is 448 g/mol. The SMILES string of the molecule is Clc1ccc(-c2nc(Cc3ccccc3)[nH]c2-c2ccc(Cl)cc2Cl)c(Cl)c1. The van der Waals surface area contributed by atoms with Gasteiger partial charge in [0.05, 0.1) is 21.4 Å². The number of nitrogens with one attached hydrogen (secondary N) is 1. The Labute approximate surface area is 183 Å². The number of aromatic amines is 1. The molecule has 4 rings (SSSR count). The van der Waals surface area contributed by atoms with Crippen LogP contribution in [0.2, 0.25) is 20.1 Å². The number of imidazole rings is 1. The fourth-order valence-electron chi connectivity index (χ4n) is 3.06. The van der Waals surface area contributed by atoms with E-state index in [1.165, 1.54) is 0 Å². The minimum absolute atomic E-state index is 0.525. The van der Waals surface area contributed by atoms with Gasteiger partial charge in [-0.3, -0.25) is 0 Å². The molecule has 0 saturated carbocycles. The summed E-state index contributed by atoms with van der Waals surface area (Å²) >= 11 is 25.1. The second-order valence-corrected chi connectivity index (χ2v) is 8.01. The summed E-state index contributed by atoms with van der Waals surface area (Å²) in [5.74, 6) is 0.813. The van der Waals surface area contributed by atoms with Crippen molar-refractivity contribution >= 4 is 46.4 Å². The van der Waals surface area contributed by atoms with Crippen LogP contribution < -0.4 is 0 Å². The summed E-state index contributed by atoms with van der Waals surface area (Å²) in [5.41, 5.74) is 4.24. The molecule has 1 aromatic heterocycles. The molecule has 0 saturated heterocycles. The number of rotatable bonds is 4. The Morgan fingerprint density at radius 3 is 1.93 bits per heavy atom. The zero-order valence-electron chi connectivity index (χ0n) is 14.5. The highest BCUT2D eigenvalue weighted by Crippen LogP contribution is 2.39.